The molecular weight excluding hydrogens is 400 g/mol. The van der Waals surface area contributed by atoms with Crippen LogP contribution < -0.4 is 4.74 Å². The summed E-state index contributed by atoms with van der Waals surface area (Å²) in [5.41, 5.74) is 1.66. The van der Waals surface area contributed by atoms with E-state index in [4.69, 9.17) is 21.1 Å². The van der Waals surface area contributed by atoms with Gasteiger partial charge in [-0.25, -0.2) is 0 Å². The average molecular weight is 425 g/mol. The molecule has 0 aliphatic carbocycles. The molecule has 5 N–H and O–H groups in total. The molecule has 1 aliphatic heterocycles. The zero-order valence-corrected chi connectivity index (χ0v) is 16.7. The minimum atomic E-state index is -2.39. The second kappa shape index (κ2) is 8.97. The minimum absolute atomic E-state index is 0.0412. The maximum absolute atomic E-state index is 11.0. The van der Waals surface area contributed by atoms with E-state index in [0.29, 0.717) is 18.6 Å². The molecule has 1 saturated heterocycles. The smallest absolute Gasteiger partial charge is 0.223 e. The summed E-state index contributed by atoms with van der Waals surface area (Å²) in [6.45, 7) is 1.82. The molecule has 0 bridgehead atoms. The lowest BCUT2D eigenvalue weighted by atomic mass is 9.87. The van der Waals surface area contributed by atoms with Gasteiger partial charge in [-0.3, -0.25) is 0 Å². The molecule has 5 atom stereocenters. The fourth-order valence-electron chi connectivity index (χ4n) is 3.46. The summed E-state index contributed by atoms with van der Waals surface area (Å²) in [5.74, 6) is -1.63. The SMILES string of the molecule is CCOc1ccc(Cc2cccc([C@@]3(O)O[C@H](CO)[C@@H](O)[C@H](O)[C@H]3O)c2Cl)cc1. The van der Waals surface area contributed by atoms with Gasteiger partial charge in [0.25, 0.3) is 0 Å². The van der Waals surface area contributed by atoms with Crippen molar-refractivity contribution in [3.63, 3.8) is 0 Å². The molecule has 29 heavy (non-hydrogen) atoms. The summed E-state index contributed by atoms with van der Waals surface area (Å²) in [5, 5.41) is 51.0. The fraction of sp³-hybridized carbons (Fsp3) is 0.429. The predicted molar refractivity (Wildman–Crippen MR) is 106 cm³/mol. The zero-order valence-electron chi connectivity index (χ0n) is 15.9. The monoisotopic (exact) mass is 424 g/mol. The van der Waals surface area contributed by atoms with Gasteiger partial charge in [0, 0.05) is 5.56 Å². The third-order valence-electron chi connectivity index (χ3n) is 5.06. The molecule has 1 heterocycles. The van der Waals surface area contributed by atoms with E-state index in [1.807, 2.05) is 31.2 Å². The Labute approximate surface area is 173 Å². The number of hydrogen-bond donors (Lipinski definition) is 5. The quantitative estimate of drug-likeness (QED) is 0.468. The second-order valence-electron chi connectivity index (χ2n) is 6.99. The number of aliphatic hydroxyl groups is 5. The van der Waals surface area contributed by atoms with E-state index in [9.17, 15) is 25.5 Å². The van der Waals surface area contributed by atoms with Crippen LogP contribution in [0.2, 0.25) is 5.02 Å². The van der Waals surface area contributed by atoms with Gasteiger partial charge < -0.3 is 35.0 Å². The molecular formula is C21H25ClO7. The molecule has 0 saturated carbocycles. The lowest BCUT2D eigenvalue weighted by Gasteiger charge is -2.45. The average Bonchev–Trinajstić information content (AvgIpc) is 2.72. The highest BCUT2D eigenvalue weighted by atomic mass is 35.5. The molecule has 7 nitrogen and oxygen atoms in total. The van der Waals surface area contributed by atoms with Crippen LogP contribution in [0.4, 0.5) is 0 Å². The van der Waals surface area contributed by atoms with Gasteiger partial charge in [-0.05, 0) is 36.6 Å². The van der Waals surface area contributed by atoms with Crippen LogP contribution in [0, 0.1) is 0 Å². The van der Waals surface area contributed by atoms with Crippen molar-refractivity contribution in [2.24, 2.45) is 0 Å². The molecule has 8 heteroatoms. The van der Waals surface area contributed by atoms with E-state index < -0.39 is 36.8 Å². The van der Waals surface area contributed by atoms with Crippen LogP contribution in [0.3, 0.4) is 0 Å². The van der Waals surface area contributed by atoms with Crippen molar-refractivity contribution < 1.29 is 35.0 Å². The molecule has 0 aromatic heterocycles. The highest BCUT2D eigenvalue weighted by molar-refractivity contribution is 6.32. The Bertz CT molecular complexity index is 826. The number of rotatable bonds is 6. The Morgan fingerprint density at radius 3 is 2.38 bits per heavy atom. The molecule has 2 aromatic rings. The largest absolute Gasteiger partial charge is 0.494 e. The maximum atomic E-state index is 11.0. The van der Waals surface area contributed by atoms with Gasteiger partial charge in [0.2, 0.25) is 5.79 Å². The highest BCUT2D eigenvalue weighted by Gasteiger charge is 2.54. The van der Waals surface area contributed by atoms with Gasteiger partial charge in [0.15, 0.2) is 0 Å². The Balaban J connectivity index is 1.91. The van der Waals surface area contributed by atoms with Crippen LogP contribution in [-0.4, -0.2) is 63.2 Å². The van der Waals surface area contributed by atoms with Crippen molar-refractivity contribution >= 4 is 11.6 Å². The summed E-state index contributed by atoms with van der Waals surface area (Å²) in [6.07, 6.45) is -5.99. The van der Waals surface area contributed by atoms with Crippen LogP contribution in [0.25, 0.3) is 0 Å². The van der Waals surface area contributed by atoms with E-state index in [1.54, 1.807) is 12.1 Å². The molecule has 1 fully saturated rings. The molecule has 1 aliphatic rings. The van der Waals surface area contributed by atoms with Crippen LogP contribution in [0.15, 0.2) is 42.5 Å². The number of halogens is 1. The van der Waals surface area contributed by atoms with Crippen molar-refractivity contribution in [2.45, 2.75) is 43.5 Å². The lowest BCUT2D eigenvalue weighted by Crippen LogP contribution is -2.63. The lowest BCUT2D eigenvalue weighted by molar-refractivity contribution is -0.357. The topological polar surface area (TPSA) is 120 Å². The van der Waals surface area contributed by atoms with Gasteiger partial charge in [-0.1, -0.05) is 41.9 Å². The molecule has 2 aromatic carbocycles. The van der Waals surface area contributed by atoms with Crippen LogP contribution in [0.1, 0.15) is 23.6 Å². The van der Waals surface area contributed by atoms with Gasteiger partial charge >= 0.3 is 0 Å². The van der Waals surface area contributed by atoms with Crippen molar-refractivity contribution in [2.75, 3.05) is 13.2 Å². The summed E-state index contributed by atoms with van der Waals surface area (Å²) in [4.78, 5) is 0. The molecule has 158 valence electrons. The van der Waals surface area contributed by atoms with E-state index in [0.717, 1.165) is 11.3 Å². The standard InChI is InChI=1S/C21H25ClO7/c1-2-28-14-8-6-12(7-9-14)10-13-4-3-5-15(17(13)22)21(27)20(26)19(25)18(24)16(11-23)29-21/h3-9,16,18-20,23-27H,2,10-11H2,1H3/t16-,18-,19+,20-,21-/m1/s1. The Hall–Kier alpha value is -1.71. The first-order valence-corrected chi connectivity index (χ1v) is 9.74. The molecule has 0 spiro atoms. The summed E-state index contributed by atoms with van der Waals surface area (Å²) in [6, 6.07) is 12.4. The maximum Gasteiger partial charge on any atom is 0.223 e. The predicted octanol–water partition coefficient (Wildman–Crippen LogP) is 0.948. The number of hydrogen-bond acceptors (Lipinski definition) is 7. The van der Waals surface area contributed by atoms with E-state index in [2.05, 4.69) is 0 Å². The minimum Gasteiger partial charge on any atom is -0.494 e. The highest BCUT2D eigenvalue weighted by Crippen LogP contribution is 2.40. The summed E-state index contributed by atoms with van der Waals surface area (Å²) >= 11 is 6.52. The number of aliphatic hydroxyl groups excluding tert-OH is 4. The zero-order chi connectivity index (χ0) is 21.2. The fourth-order valence-corrected chi connectivity index (χ4v) is 3.79. The van der Waals surface area contributed by atoms with E-state index in [1.165, 1.54) is 6.07 Å². The third kappa shape index (κ3) is 4.27. The number of ether oxygens (including phenoxy) is 2. The van der Waals surface area contributed by atoms with Gasteiger partial charge in [-0.2, -0.15) is 0 Å². The molecule has 3 rings (SSSR count). The van der Waals surface area contributed by atoms with Crippen LogP contribution >= 0.6 is 11.6 Å². The summed E-state index contributed by atoms with van der Waals surface area (Å²) < 4.78 is 10.8. The third-order valence-corrected chi connectivity index (χ3v) is 5.51. The van der Waals surface area contributed by atoms with Crippen molar-refractivity contribution in [1.29, 1.82) is 0 Å². The Morgan fingerprint density at radius 1 is 1.07 bits per heavy atom. The first-order chi connectivity index (χ1) is 13.8. The van der Waals surface area contributed by atoms with E-state index >= 15 is 0 Å². The van der Waals surface area contributed by atoms with Crippen molar-refractivity contribution in [3.05, 3.63) is 64.2 Å². The van der Waals surface area contributed by atoms with Gasteiger partial charge in [0.1, 0.15) is 30.2 Å². The second-order valence-corrected chi connectivity index (χ2v) is 7.37. The Kier molecular flexibility index (Phi) is 6.80. The van der Waals surface area contributed by atoms with E-state index in [-0.39, 0.29) is 10.6 Å². The van der Waals surface area contributed by atoms with Crippen molar-refractivity contribution in [1.82, 2.24) is 0 Å². The molecule has 0 unspecified atom stereocenters. The summed E-state index contributed by atoms with van der Waals surface area (Å²) in [7, 11) is 0. The first kappa shape index (κ1) is 22.0. The number of benzene rings is 2. The first-order valence-electron chi connectivity index (χ1n) is 9.36. The van der Waals surface area contributed by atoms with Gasteiger partial charge in [0.05, 0.1) is 18.2 Å². The van der Waals surface area contributed by atoms with Crippen LogP contribution in [0.5, 0.6) is 5.75 Å². The Morgan fingerprint density at radius 2 is 1.76 bits per heavy atom. The van der Waals surface area contributed by atoms with Crippen LogP contribution in [-0.2, 0) is 16.9 Å². The molecule has 0 radical (unpaired) electrons. The normalized spacial score (nSPS) is 29.6. The van der Waals surface area contributed by atoms with Gasteiger partial charge in [-0.15, -0.1) is 0 Å². The van der Waals surface area contributed by atoms with Crippen molar-refractivity contribution in [3.8, 4) is 5.75 Å². The molecule has 0 amide bonds.